The Morgan fingerprint density at radius 2 is 2.18 bits per heavy atom. The van der Waals surface area contributed by atoms with E-state index in [1.165, 1.54) is 0 Å². The summed E-state index contributed by atoms with van der Waals surface area (Å²) in [7, 11) is 1.88. The second-order valence-electron chi connectivity index (χ2n) is 5.38. The Morgan fingerprint density at radius 3 is 2.76 bits per heavy atom. The second-order valence-corrected chi connectivity index (χ2v) is 5.38. The average molecular weight is 242 g/mol. The van der Waals surface area contributed by atoms with Crippen LogP contribution in [0.5, 0.6) is 0 Å². The number of ether oxygens (including phenoxy) is 1. The summed E-state index contributed by atoms with van der Waals surface area (Å²) in [5, 5.41) is 3.04. The molecule has 0 aliphatic carbocycles. The Hall–Kier alpha value is -0.610. The number of carbonyl (C=O) groups is 1. The van der Waals surface area contributed by atoms with E-state index < -0.39 is 0 Å². The maximum Gasteiger partial charge on any atom is 0.226 e. The zero-order valence-electron chi connectivity index (χ0n) is 11.5. The molecule has 1 rings (SSSR count). The van der Waals surface area contributed by atoms with Crippen molar-refractivity contribution in [3.8, 4) is 0 Å². The Labute approximate surface area is 105 Å². The van der Waals surface area contributed by atoms with Crippen LogP contribution in [-0.2, 0) is 9.53 Å². The van der Waals surface area contributed by atoms with Crippen LogP contribution in [-0.4, -0.2) is 50.2 Å². The van der Waals surface area contributed by atoms with Gasteiger partial charge in [0.2, 0.25) is 5.91 Å². The fourth-order valence-corrected chi connectivity index (χ4v) is 2.10. The standard InChI is InChI=1S/C13H26N2O2/c1-10(2)9-17-12-5-6-15(8-12)13(16)11(3)7-14-4/h10-12,14H,5-9H2,1-4H3. The van der Waals surface area contributed by atoms with Gasteiger partial charge >= 0.3 is 0 Å². The summed E-state index contributed by atoms with van der Waals surface area (Å²) in [6.07, 6.45) is 1.22. The predicted octanol–water partition coefficient (Wildman–Crippen LogP) is 1.12. The monoisotopic (exact) mass is 242 g/mol. The van der Waals surface area contributed by atoms with Crippen molar-refractivity contribution in [3.63, 3.8) is 0 Å². The average Bonchev–Trinajstić information content (AvgIpc) is 2.74. The molecule has 0 radical (unpaired) electrons. The van der Waals surface area contributed by atoms with Crippen LogP contribution in [0, 0.1) is 11.8 Å². The third kappa shape index (κ3) is 4.64. The Morgan fingerprint density at radius 1 is 1.47 bits per heavy atom. The van der Waals surface area contributed by atoms with Gasteiger partial charge in [-0.3, -0.25) is 4.79 Å². The number of nitrogens with one attached hydrogen (secondary N) is 1. The van der Waals surface area contributed by atoms with Gasteiger partial charge in [0.15, 0.2) is 0 Å². The molecular weight excluding hydrogens is 216 g/mol. The molecule has 1 N–H and O–H groups in total. The van der Waals surface area contributed by atoms with E-state index in [0.717, 1.165) is 32.7 Å². The lowest BCUT2D eigenvalue weighted by Crippen LogP contribution is -2.37. The highest BCUT2D eigenvalue weighted by atomic mass is 16.5. The van der Waals surface area contributed by atoms with E-state index >= 15 is 0 Å². The van der Waals surface area contributed by atoms with Crippen molar-refractivity contribution in [1.82, 2.24) is 10.2 Å². The van der Waals surface area contributed by atoms with Gasteiger partial charge in [0.05, 0.1) is 6.10 Å². The molecule has 1 heterocycles. The van der Waals surface area contributed by atoms with Crippen LogP contribution < -0.4 is 5.32 Å². The van der Waals surface area contributed by atoms with Crippen LogP contribution in [0.2, 0.25) is 0 Å². The molecule has 1 saturated heterocycles. The largest absolute Gasteiger partial charge is 0.376 e. The summed E-state index contributed by atoms with van der Waals surface area (Å²) >= 11 is 0. The van der Waals surface area contributed by atoms with E-state index in [0.29, 0.717) is 5.92 Å². The minimum Gasteiger partial charge on any atom is -0.376 e. The van der Waals surface area contributed by atoms with Crippen molar-refractivity contribution < 1.29 is 9.53 Å². The van der Waals surface area contributed by atoms with Gasteiger partial charge in [0, 0.05) is 32.2 Å². The van der Waals surface area contributed by atoms with Gasteiger partial charge < -0.3 is 15.0 Å². The lowest BCUT2D eigenvalue weighted by molar-refractivity contribution is -0.134. The molecule has 0 aromatic heterocycles. The van der Waals surface area contributed by atoms with Crippen molar-refractivity contribution in [2.24, 2.45) is 11.8 Å². The molecule has 2 unspecified atom stereocenters. The molecule has 17 heavy (non-hydrogen) atoms. The third-order valence-corrected chi connectivity index (χ3v) is 3.05. The molecule has 0 saturated carbocycles. The number of rotatable bonds is 6. The lowest BCUT2D eigenvalue weighted by atomic mass is 10.1. The molecule has 4 heteroatoms. The van der Waals surface area contributed by atoms with Gasteiger partial charge in [-0.1, -0.05) is 20.8 Å². The van der Waals surface area contributed by atoms with E-state index in [2.05, 4.69) is 19.2 Å². The maximum atomic E-state index is 12.0. The molecule has 0 spiro atoms. The molecular formula is C13H26N2O2. The summed E-state index contributed by atoms with van der Waals surface area (Å²) in [6.45, 7) is 9.40. The molecule has 1 aliphatic rings. The molecule has 2 atom stereocenters. The van der Waals surface area contributed by atoms with Crippen LogP contribution in [0.3, 0.4) is 0 Å². The second kappa shape index (κ2) is 6.97. The van der Waals surface area contributed by atoms with E-state index in [4.69, 9.17) is 4.74 Å². The molecule has 0 aromatic carbocycles. The van der Waals surface area contributed by atoms with Gasteiger partial charge in [0.25, 0.3) is 0 Å². The van der Waals surface area contributed by atoms with E-state index in [-0.39, 0.29) is 17.9 Å². The number of hydrogen-bond acceptors (Lipinski definition) is 3. The molecule has 1 aliphatic heterocycles. The highest BCUT2D eigenvalue weighted by molar-refractivity contribution is 5.79. The van der Waals surface area contributed by atoms with Crippen molar-refractivity contribution in [1.29, 1.82) is 0 Å². The quantitative estimate of drug-likeness (QED) is 0.759. The SMILES string of the molecule is CNCC(C)C(=O)N1CCC(OCC(C)C)C1. The first-order valence-corrected chi connectivity index (χ1v) is 6.59. The zero-order valence-corrected chi connectivity index (χ0v) is 11.5. The zero-order chi connectivity index (χ0) is 12.8. The minimum atomic E-state index is 0.0591. The first kappa shape index (κ1) is 14.5. The highest BCUT2D eigenvalue weighted by Crippen LogP contribution is 2.16. The molecule has 1 fully saturated rings. The molecule has 0 bridgehead atoms. The lowest BCUT2D eigenvalue weighted by Gasteiger charge is -2.21. The smallest absolute Gasteiger partial charge is 0.226 e. The minimum absolute atomic E-state index is 0.0591. The van der Waals surface area contributed by atoms with Gasteiger partial charge in [-0.2, -0.15) is 0 Å². The number of amides is 1. The van der Waals surface area contributed by atoms with E-state index in [9.17, 15) is 4.79 Å². The number of nitrogens with zero attached hydrogens (tertiary/aromatic N) is 1. The van der Waals surface area contributed by atoms with Gasteiger partial charge in [-0.05, 0) is 19.4 Å². The molecule has 4 nitrogen and oxygen atoms in total. The summed E-state index contributed by atoms with van der Waals surface area (Å²) in [4.78, 5) is 14.0. The van der Waals surface area contributed by atoms with Crippen molar-refractivity contribution in [3.05, 3.63) is 0 Å². The summed E-state index contributed by atoms with van der Waals surface area (Å²) in [5.74, 6) is 0.863. The molecule has 1 amide bonds. The van der Waals surface area contributed by atoms with Gasteiger partial charge in [-0.25, -0.2) is 0 Å². The predicted molar refractivity (Wildman–Crippen MR) is 68.9 cm³/mol. The summed E-state index contributed by atoms with van der Waals surface area (Å²) in [6, 6.07) is 0. The Kier molecular flexibility index (Phi) is 5.92. The topological polar surface area (TPSA) is 41.6 Å². The summed E-state index contributed by atoms with van der Waals surface area (Å²) in [5.41, 5.74) is 0. The van der Waals surface area contributed by atoms with Crippen molar-refractivity contribution in [2.45, 2.75) is 33.3 Å². The fourth-order valence-electron chi connectivity index (χ4n) is 2.10. The van der Waals surface area contributed by atoms with E-state index in [1.54, 1.807) is 0 Å². The van der Waals surface area contributed by atoms with Gasteiger partial charge in [0.1, 0.15) is 0 Å². The van der Waals surface area contributed by atoms with Crippen LogP contribution in [0.25, 0.3) is 0 Å². The van der Waals surface area contributed by atoms with Crippen LogP contribution in [0.15, 0.2) is 0 Å². The van der Waals surface area contributed by atoms with E-state index in [1.807, 2.05) is 18.9 Å². The Bertz CT molecular complexity index is 244. The third-order valence-electron chi connectivity index (χ3n) is 3.05. The van der Waals surface area contributed by atoms with Gasteiger partial charge in [-0.15, -0.1) is 0 Å². The number of carbonyl (C=O) groups excluding carboxylic acids is 1. The first-order chi connectivity index (χ1) is 8.04. The van der Waals surface area contributed by atoms with Crippen LogP contribution in [0.1, 0.15) is 27.2 Å². The first-order valence-electron chi connectivity index (χ1n) is 6.59. The maximum absolute atomic E-state index is 12.0. The Balaban J connectivity index is 2.31. The number of likely N-dealkylation sites (tertiary alicyclic amines) is 1. The number of hydrogen-bond donors (Lipinski definition) is 1. The fraction of sp³-hybridized carbons (Fsp3) is 0.923. The van der Waals surface area contributed by atoms with Crippen molar-refractivity contribution >= 4 is 5.91 Å². The highest BCUT2D eigenvalue weighted by Gasteiger charge is 2.29. The summed E-state index contributed by atoms with van der Waals surface area (Å²) < 4.78 is 5.77. The normalized spacial score (nSPS) is 22.2. The molecule has 0 aromatic rings. The van der Waals surface area contributed by atoms with Crippen LogP contribution >= 0.6 is 0 Å². The van der Waals surface area contributed by atoms with Crippen molar-refractivity contribution in [2.75, 3.05) is 33.3 Å². The van der Waals surface area contributed by atoms with Crippen LogP contribution in [0.4, 0.5) is 0 Å². The molecule has 100 valence electrons.